The molecule has 1 heterocycles. The number of allylic oxidation sites excluding steroid dienone is 2. The van der Waals surface area contributed by atoms with E-state index in [4.69, 9.17) is 0 Å². The second-order valence-electron chi connectivity index (χ2n) is 0.850. The second kappa shape index (κ2) is 4.87. The molecule has 0 atom stereocenters. The predicted molar refractivity (Wildman–Crippen MR) is 21.6 cm³/mol. The first-order valence-corrected chi connectivity index (χ1v) is 1.64. The molecule has 0 N–H and O–H groups in total. The zero-order valence-electron chi connectivity index (χ0n) is 5.13. The third kappa shape index (κ3) is 3.31. The largest absolute Gasteiger partial charge is 1.00 e. The second-order valence-corrected chi connectivity index (χ2v) is 0.850. The molecule has 1 aliphatic rings. The molecule has 1 aliphatic heterocycles. The van der Waals surface area contributed by atoms with E-state index >= 15 is 0 Å². The van der Waals surface area contributed by atoms with Crippen LogP contribution in [0.25, 0.3) is 0 Å². The maximum atomic E-state index is 4.30. The first-order valence-electron chi connectivity index (χ1n) is 1.64. The molecular weight excluding hydrogens is 119 g/mol. The quantitative estimate of drug-likeness (QED) is 0.277. The van der Waals surface area contributed by atoms with Gasteiger partial charge in [0.05, 0.1) is 0 Å². The summed E-state index contributed by atoms with van der Waals surface area (Å²) in [5.41, 5.74) is 0. The van der Waals surface area contributed by atoms with Gasteiger partial charge in [-0.05, 0) is 12.2 Å². The third-order valence-corrected chi connectivity index (χ3v) is 0.435. The van der Waals surface area contributed by atoms with Crippen molar-refractivity contribution in [2.45, 2.75) is 0 Å². The van der Waals surface area contributed by atoms with Crippen LogP contribution < -0.4 is 51.4 Å². The van der Waals surface area contributed by atoms with Crippen LogP contribution >= 0.6 is 0 Å². The van der Waals surface area contributed by atoms with E-state index in [1.807, 2.05) is 0 Å². The maximum absolute atomic E-state index is 4.30. The van der Waals surface area contributed by atoms with E-state index in [0.29, 0.717) is 0 Å². The van der Waals surface area contributed by atoms with Gasteiger partial charge in [-0.2, -0.15) is 0 Å². The van der Waals surface area contributed by atoms with Crippen LogP contribution in [-0.2, 0) is 9.78 Å². The Labute approximate surface area is 86.0 Å². The smallest absolute Gasteiger partial charge is 1.00 e. The third-order valence-electron chi connectivity index (χ3n) is 0.435. The van der Waals surface area contributed by atoms with E-state index in [1.165, 1.54) is 12.5 Å². The number of hydrogen-bond acceptors (Lipinski definition) is 2. The zero-order chi connectivity index (χ0) is 4.24. The van der Waals surface area contributed by atoms with Crippen molar-refractivity contribution in [3.8, 4) is 0 Å². The molecule has 0 saturated carbocycles. The van der Waals surface area contributed by atoms with Gasteiger partial charge in [0.15, 0.2) is 0 Å². The molecule has 0 unspecified atom stereocenters. The summed E-state index contributed by atoms with van der Waals surface area (Å²) in [5, 5.41) is 0. The van der Waals surface area contributed by atoms with E-state index in [2.05, 4.69) is 9.78 Å². The standard InChI is InChI=1S/C4H4O2.K.H/c1-2-4-6-5-3-1;;/h1-4H;;/q;+1;-1. The van der Waals surface area contributed by atoms with E-state index < -0.39 is 0 Å². The van der Waals surface area contributed by atoms with Gasteiger partial charge in [0, 0.05) is 0 Å². The SMILES string of the molecule is C1=COOC=C1.[H-].[K+]. The Bertz CT molecular complexity index is 80.0. The van der Waals surface area contributed by atoms with E-state index in [0.717, 1.165) is 0 Å². The number of hydrogen-bond donors (Lipinski definition) is 0. The minimum absolute atomic E-state index is 0. The Morgan fingerprint density at radius 1 is 1.00 bits per heavy atom. The summed E-state index contributed by atoms with van der Waals surface area (Å²) in [7, 11) is 0. The monoisotopic (exact) mass is 124 g/mol. The molecule has 0 fully saturated rings. The van der Waals surface area contributed by atoms with Gasteiger partial charge in [-0.3, -0.25) is 9.78 Å². The minimum Gasteiger partial charge on any atom is -1.00 e. The summed E-state index contributed by atoms with van der Waals surface area (Å²) in [5.74, 6) is 0. The van der Waals surface area contributed by atoms with Crippen molar-refractivity contribution < 1.29 is 62.6 Å². The van der Waals surface area contributed by atoms with Crippen LogP contribution in [0.1, 0.15) is 1.43 Å². The van der Waals surface area contributed by atoms with E-state index in [-0.39, 0.29) is 52.8 Å². The Morgan fingerprint density at radius 3 is 1.57 bits per heavy atom. The van der Waals surface area contributed by atoms with Crippen LogP contribution in [0.2, 0.25) is 0 Å². The van der Waals surface area contributed by atoms with Crippen molar-refractivity contribution in [2.24, 2.45) is 0 Å². The summed E-state index contributed by atoms with van der Waals surface area (Å²) in [6.45, 7) is 0. The average Bonchev–Trinajstić information content (AvgIpc) is 1.72. The zero-order valence-corrected chi connectivity index (χ0v) is 7.25. The Balaban J connectivity index is 0. The fraction of sp³-hybridized carbons (Fsp3) is 0. The first kappa shape index (κ1) is 7.72. The summed E-state index contributed by atoms with van der Waals surface area (Å²) >= 11 is 0. The van der Waals surface area contributed by atoms with Gasteiger partial charge < -0.3 is 1.43 Å². The van der Waals surface area contributed by atoms with Gasteiger partial charge in [0.1, 0.15) is 12.5 Å². The fourth-order valence-corrected chi connectivity index (χ4v) is 0.219. The van der Waals surface area contributed by atoms with Gasteiger partial charge in [0.25, 0.3) is 0 Å². The van der Waals surface area contributed by atoms with Gasteiger partial charge in [-0.1, -0.05) is 0 Å². The first-order chi connectivity index (χ1) is 3.00. The molecule has 0 spiro atoms. The number of rotatable bonds is 0. The van der Waals surface area contributed by atoms with Crippen molar-refractivity contribution in [2.75, 3.05) is 0 Å². The molecule has 0 aliphatic carbocycles. The molecular formula is C4H5KO2. The molecule has 34 valence electrons. The summed E-state index contributed by atoms with van der Waals surface area (Å²) < 4.78 is 0. The summed E-state index contributed by atoms with van der Waals surface area (Å²) in [6.07, 6.45) is 6.40. The van der Waals surface area contributed by atoms with Crippen LogP contribution in [0.5, 0.6) is 0 Å². The summed E-state index contributed by atoms with van der Waals surface area (Å²) in [4.78, 5) is 8.60. The summed E-state index contributed by atoms with van der Waals surface area (Å²) in [6, 6.07) is 0. The average molecular weight is 124 g/mol. The molecule has 7 heavy (non-hydrogen) atoms. The van der Waals surface area contributed by atoms with Crippen LogP contribution in [0, 0.1) is 0 Å². The molecule has 1 rings (SSSR count). The minimum atomic E-state index is 0. The molecule has 0 radical (unpaired) electrons. The van der Waals surface area contributed by atoms with Crippen molar-refractivity contribution in [3.05, 3.63) is 24.7 Å². The normalized spacial score (nSPS) is 13.7. The van der Waals surface area contributed by atoms with Gasteiger partial charge in [-0.25, -0.2) is 0 Å². The molecule has 0 saturated heterocycles. The molecule has 0 amide bonds. The molecule has 0 aromatic heterocycles. The predicted octanol–water partition coefficient (Wildman–Crippen LogP) is -1.91. The van der Waals surface area contributed by atoms with Crippen LogP contribution in [0.3, 0.4) is 0 Å². The van der Waals surface area contributed by atoms with Gasteiger partial charge >= 0.3 is 51.4 Å². The van der Waals surface area contributed by atoms with E-state index in [1.54, 1.807) is 12.2 Å². The van der Waals surface area contributed by atoms with Crippen molar-refractivity contribution in [1.82, 2.24) is 0 Å². The molecule has 0 bridgehead atoms. The molecule has 2 nitrogen and oxygen atoms in total. The van der Waals surface area contributed by atoms with Crippen LogP contribution in [-0.4, -0.2) is 0 Å². The van der Waals surface area contributed by atoms with Gasteiger partial charge in [0.2, 0.25) is 0 Å². The van der Waals surface area contributed by atoms with Crippen molar-refractivity contribution in [1.29, 1.82) is 0 Å². The van der Waals surface area contributed by atoms with Crippen LogP contribution in [0.4, 0.5) is 0 Å². The van der Waals surface area contributed by atoms with Gasteiger partial charge in [-0.15, -0.1) is 0 Å². The maximum Gasteiger partial charge on any atom is 1.00 e. The Hall–Kier alpha value is 0.716. The van der Waals surface area contributed by atoms with Crippen molar-refractivity contribution >= 4 is 0 Å². The topological polar surface area (TPSA) is 18.5 Å². The van der Waals surface area contributed by atoms with Crippen molar-refractivity contribution in [3.63, 3.8) is 0 Å². The van der Waals surface area contributed by atoms with E-state index in [9.17, 15) is 0 Å². The Kier molecular flexibility index (Phi) is 5.36. The molecule has 3 heteroatoms. The van der Waals surface area contributed by atoms with Crippen LogP contribution in [0.15, 0.2) is 24.7 Å². The fourth-order valence-electron chi connectivity index (χ4n) is 0.219. The molecule has 0 aromatic rings. The molecule has 0 aromatic carbocycles. The Morgan fingerprint density at radius 2 is 1.43 bits per heavy atom.